The van der Waals surface area contributed by atoms with Crippen LogP contribution in [0.5, 0.6) is 0 Å². The van der Waals surface area contributed by atoms with Crippen molar-refractivity contribution in [3.05, 3.63) is 199 Å². The highest BCUT2D eigenvalue weighted by Crippen LogP contribution is 2.61. The van der Waals surface area contributed by atoms with Crippen LogP contribution in [-0.4, -0.2) is 14.5 Å². The van der Waals surface area contributed by atoms with Gasteiger partial charge in [-0.2, -0.15) is 0 Å². The first kappa shape index (κ1) is 36.1. The second kappa shape index (κ2) is 13.8. The molecule has 0 aliphatic heterocycles. The van der Waals surface area contributed by atoms with E-state index in [1.54, 1.807) is 5.56 Å². The Labute approximate surface area is 374 Å². The summed E-state index contributed by atoms with van der Waals surface area (Å²) in [5, 5.41) is 10.5. The first-order chi connectivity index (χ1) is 31.7. The lowest BCUT2D eigenvalue weighted by atomic mass is 9.66. The van der Waals surface area contributed by atoms with Crippen LogP contribution < -0.4 is 0 Å². The predicted octanol–water partition coefficient (Wildman–Crippen LogP) is 16.5. The number of hydrogen-bond acceptors (Lipinski definition) is 3. The Kier molecular flexibility index (Phi) is 7.79. The van der Waals surface area contributed by atoms with Gasteiger partial charge in [0.25, 0.3) is 0 Å². The molecule has 4 heteroatoms. The van der Waals surface area contributed by atoms with Crippen LogP contribution in [0, 0.1) is 0 Å². The van der Waals surface area contributed by atoms with Crippen molar-refractivity contribution in [2.24, 2.45) is 0 Å². The topological polar surface area (TPSA) is 30.7 Å². The Hall–Kier alpha value is -7.40. The number of hydrogen-bond donors (Lipinski definition) is 0. The average molecular weight is 836 g/mol. The monoisotopic (exact) mass is 835 g/mol. The number of nitrogens with zero attached hydrogens (tertiary/aromatic N) is 3. The van der Waals surface area contributed by atoms with Gasteiger partial charge < -0.3 is 4.57 Å². The highest BCUT2D eigenvalue weighted by atomic mass is 32.1. The maximum Gasteiger partial charge on any atom is 0.160 e. The van der Waals surface area contributed by atoms with Gasteiger partial charge in [0.2, 0.25) is 0 Å². The summed E-state index contributed by atoms with van der Waals surface area (Å²) < 4.78 is 5.12. The summed E-state index contributed by atoms with van der Waals surface area (Å²) in [6.07, 6.45) is 6.15. The van der Waals surface area contributed by atoms with E-state index in [9.17, 15) is 0 Å². The largest absolute Gasteiger partial charge is 0.309 e. The third kappa shape index (κ3) is 5.09. The zero-order valence-corrected chi connectivity index (χ0v) is 36.0. The molecule has 2 aliphatic rings. The van der Waals surface area contributed by atoms with Crippen LogP contribution in [-0.2, 0) is 5.41 Å². The van der Waals surface area contributed by atoms with E-state index in [1.165, 1.54) is 112 Å². The van der Waals surface area contributed by atoms with Crippen molar-refractivity contribution in [2.45, 2.75) is 37.5 Å². The standard InChI is InChI=1S/C60H41N3S/c1-3-17-38(18-4-1)48-36-49(45-24-15-27-52-53(45)46-23-10-12-26-51(46)64-52)62-59(61-48)39-28-31-40(32-29-39)63-50-33-30-37-16-5-6-19-41(37)55(50)56-57-54(42-20-7-8-21-43(42)58(56)63)44-22-9-11-25-47(44)60(57)34-13-2-14-35-60/h1,3-12,15-33,36H,2,13-14,34-35H2. The van der Waals surface area contributed by atoms with Gasteiger partial charge in [-0.25, -0.2) is 9.97 Å². The van der Waals surface area contributed by atoms with Crippen LogP contribution >= 0.6 is 11.3 Å². The number of fused-ring (bicyclic) bond motifs is 17. The van der Waals surface area contributed by atoms with Crippen molar-refractivity contribution < 1.29 is 0 Å². The van der Waals surface area contributed by atoms with Crippen LogP contribution in [0.4, 0.5) is 0 Å². The number of benzene rings is 9. The lowest BCUT2D eigenvalue weighted by Crippen LogP contribution is -2.28. The summed E-state index contributed by atoms with van der Waals surface area (Å²) in [6.45, 7) is 0. The lowest BCUT2D eigenvalue weighted by Gasteiger charge is -2.36. The minimum absolute atomic E-state index is 0.0230. The molecule has 3 aromatic heterocycles. The van der Waals surface area contributed by atoms with E-state index in [4.69, 9.17) is 9.97 Å². The maximum absolute atomic E-state index is 5.40. The molecule has 3 heterocycles. The molecule has 14 rings (SSSR count). The molecule has 64 heavy (non-hydrogen) atoms. The fourth-order valence-corrected chi connectivity index (χ4v) is 13.0. The molecular formula is C60H41N3S. The Morgan fingerprint density at radius 3 is 2.02 bits per heavy atom. The van der Waals surface area contributed by atoms with Crippen molar-refractivity contribution in [2.75, 3.05) is 0 Å². The molecule has 0 saturated heterocycles. The smallest absolute Gasteiger partial charge is 0.160 e. The Balaban J connectivity index is 1.02. The Morgan fingerprint density at radius 2 is 1.16 bits per heavy atom. The fraction of sp³-hybridized carbons (Fsp3) is 0.100. The summed E-state index contributed by atoms with van der Waals surface area (Å²) in [5.74, 6) is 0.716. The molecule has 0 N–H and O–H groups in total. The lowest BCUT2D eigenvalue weighted by molar-refractivity contribution is 0.355. The number of aromatic nitrogens is 3. The third-order valence-corrected chi connectivity index (χ3v) is 15.7. The van der Waals surface area contributed by atoms with E-state index in [1.807, 2.05) is 11.3 Å². The van der Waals surface area contributed by atoms with E-state index in [2.05, 4.69) is 193 Å². The minimum Gasteiger partial charge on any atom is -0.309 e. The maximum atomic E-state index is 5.40. The number of thiophene rings is 1. The third-order valence-electron chi connectivity index (χ3n) is 14.6. The second-order valence-electron chi connectivity index (χ2n) is 17.9. The quantitative estimate of drug-likeness (QED) is 0.177. The molecule has 0 bridgehead atoms. The molecule has 302 valence electrons. The summed E-state index contributed by atoms with van der Waals surface area (Å²) in [6, 6.07) is 69.3. The van der Waals surface area contributed by atoms with Crippen molar-refractivity contribution >= 4 is 74.9 Å². The molecular weight excluding hydrogens is 795 g/mol. The molecule has 0 atom stereocenters. The highest BCUT2D eigenvalue weighted by molar-refractivity contribution is 7.25. The van der Waals surface area contributed by atoms with Crippen LogP contribution in [0.25, 0.3) is 114 Å². The molecule has 0 radical (unpaired) electrons. The van der Waals surface area contributed by atoms with Gasteiger partial charge in [0.1, 0.15) is 0 Å². The van der Waals surface area contributed by atoms with Crippen LogP contribution in [0.15, 0.2) is 188 Å². The van der Waals surface area contributed by atoms with E-state index >= 15 is 0 Å². The van der Waals surface area contributed by atoms with E-state index < -0.39 is 0 Å². The predicted molar refractivity (Wildman–Crippen MR) is 270 cm³/mol. The van der Waals surface area contributed by atoms with Gasteiger partial charge in [0.05, 0.1) is 22.4 Å². The zero-order valence-electron chi connectivity index (χ0n) is 35.2. The molecule has 1 spiro atoms. The summed E-state index contributed by atoms with van der Waals surface area (Å²) >= 11 is 1.84. The molecule has 0 unspecified atom stereocenters. The Bertz CT molecular complexity index is 3870. The van der Waals surface area contributed by atoms with E-state index in [0.717, 1.165) is 33.8 Å². The average Bonchev–Trinajstić information content (AvgIpc) is 4.01. The van der Waals surface area contributed by atoms with Gasteiger partial charge in [0.15, 0.2) is 5.82 Å². The Morgan fingerprint density at radius 1 is 0.469 bits per heavy atom. The minimum atomic E-state index is -0.0230. The number of rotatable bonds is 4. The van der Waals surface area contributed by atoms with Crippen molar-refractivity contribution in [1.29, 1.82) is 0 Å². The van der Waals surface area contributed by atoms with Gasteiger partial charge >= 0.3 is 0 Å². The van der Waals surface area contributed by atoms with Crippen LogP contribution in [0.1, 0.15) is 43.2 Å². The highest BCUT2D eigenvalue weighted by Gasteiger charge is 2.46. The van der Waals surface area contributed by atoms with E-state index in [0.29, 0.717) is 5.82 Å². The first-order valence-electron chi connectivity index (χ1n) is 22.7. The molecule has 2 aliphatic carbocycles. The van der Waals surface area contributed by atoms with Gasteiger partial charge in [0, 0.05) is 64.1 Å². The van der Waals surface area contributed by atoms with Gasteiger partial charge in [-0.1, -0.05) is 159 Å². The van der Waals surface area contributed by atoms with Gasteiger partial charge in [-0.05, 0) is 99.8 Å². The van der Waals surface area contributed by atoms with E-state index in [-0.39, 0.29) is 5.41 Å². The second-order valence-corrected chi connectivity index (χ2v) is 19.0. The summed E-state index contributed by atoms with van der Waals surface area (Å²) in [7, 11) is 0. The van der Waals surface area contributed by atoms with Crippen molar-refractivity contribution in [3.63, 3.8) is 0 Å². The van der Waals surface area contributed by atoms with Crippen molar-refractivity contribution in [3.8, 4) is 50.7 Å². The molecule has 1 saturated carbocycles. The molecule has 12 aromatic rings. The molecule has 9 aromatic carbocycles. The zero-order chi connectivity index (χ0) is 41.9. The molecule has 3 nitrogen and oxygen atoms in total. The van der Waals surface area contributed by atoms with Gasteiger partial charge in [-0.15, -0.1) is 11.3 Å². The summed E-state index contributed by atoms with van der Waals surface area (Å²) in [4.78, 5) is 10.7. The van der Waals surface area contributed by atoms with Crippen LogP contribution in [0.2, 0.25) is 0 Å². The normalized spacial score (nSPS) is 14.4. The first-order valence-corrected chi connectivity index (χ1v) is 23.5. The summed E-state index contributed by atoms with van der Waals surface area (Å²) in [5.41, 5.74) is 14.6. The SMILES string of the molecule is c1ccc(-c2cc(-c3cccc4sc5ccccc5c34)nc(-c3ccc(-n4c5ccc6ccccc6c5c5c6c(c7ccccc7c54)-c4ccccc4C64CCCCC4)cc3)n2)cc1. The molecule has 1 fully saturated rings. The van der Waals surface area contributed by atoms with Crippen molar-refractivity contribution in [1.82, 2.24) is 14.5 Å². The van der Waals surface area contributed by atoms with Crippen LogP contribution in [0.3, 0.4) is 0 Å². The fourth-order valence-electron chi connectivity index (χ4n) is 11.9. The van der Waals surface area contributed by atoms with Gasteiger partial charge in [-0.3, -0.25) is 0 Å². The molecule has 0 amide bonds.